The lowest BCUT2D eigenvalue weighted by atomic mass is 9.67. The van der Waals surface area contributed by atoms with E-state index in [4.69, 9.17) is 4.42 Å². The van der Waals surface area contributed by atoms with Crippen molar-refractivity contribution in [2.45, 2.75) is 10.8 Å². The lowest BCUT2D eigenvalue weighted by Gasteiger charge is -2.35. The molecule has 17 aromatic rings. The molecule has 0 saturated heterocycles. The van der Waals surface area contributed by atoms with E-state index >= 15 is 0 Å². The van der Waals surface area contributed by atoms with Crippen molar-refractivity contribution in [3.8, 4) is 66.8 Å². The first-order chi connectivity index (χ1) is 52.7. The quantitative estimate of drug-likeness (QED) is 0.0961. The topological polar surface area (TPSA) is 19.6 Å². The number of nitrogens with zero attached hydrogens (tertiary/aromatic N) is 2. The van der Waals surface area contributed by atoms with Crippen LogP contribution >= 0.6 is 0 Å². The number of benzene rings is 16. The third kappa shape index (κ3) is 10.8. The van der Waals surface area contributed by atoms with Crippen LogP contribution in [0.1, 0.15) is 55.6 Å². The molecule has 0 N–H and O–H groups in total. The fourth-order valence-electron chi connectivity index (χ4n) is 17.1. The summed E-state index contributed by atoms with van der Waals surface area (Å²) in [5.74, 6) is -0.526. The summed E-state index contributed by atoms with van der Waals surface area (Å²) in [7, 11) is 0. The van der Waals surface area contributed by atoms with E-state index in [2.05, 4.69) is 351 Å². The third-order valence-electron chi connectivity index (χ3n) is 22.1. The molecule has 0 radical (unpaired) electrons. The van der Waals surface area contributed by atoms with Gasteiger partial charge in [0.25, 0.3) is 0 Å². The molecule has 0 saturated carbocycles. The number of fused-ring (bicyclic) bond motifs is 9. The number of hydrogen-bond acceptors (Lipinski definition) is 3. The van der Waals surface area contributed by atoms with Gasteiger partial charge in [0.05, 0.1) is 10.8 Å². The highest BCUT2D eigenvalue weighted by molar-refractivity contribution is 6.08. The van der Waals surface area contributed by atoms with Gasteiger partial charge in [-0.2, -0.15) is 0 Å². The Morgan fingerprint density at radius 1 is 0.243 bits per heavy atom. The maximum Gasteiger partial charge on any atom is 0.135 e. The fraction of sp³-hybridized carbons (Fsp3) is 0.0196. The third-order valence-corrected chi connectivity index (χ3v) is 22.1. The minimum atomic E-state index is -0.680. The molecule has 3 nitrogen and oxygen atoms in total. The van der Waals surface area contributed by atoms with Crippen molar-refractivity contribution in [3.05, 3.63) is 457 Å². The maximum atomic E-state index is 14.2. The zero-order chi connectivity index (χ0) is 71.7. The molecule has 2 aliphatic carbocycles. The van der Waals surface area contributed by atoms with Gasteiger partial charge >= 0.3 is 0 Å². The van der Waals surface area contributed by atoms with Gasteiger partial charge in [0.2, 0.25) is 0 Å². The van der Waals surface area contributed by atoms with Gasteiger partial charge < -0.3 is 14.2 Å². The van der Waals surface area contributed by atoms with E-state index in [0.29, 0.717) is 0 Å². The molecule has 19 rings (SSSR count). The van der Waals surface area contributed by atoms with Gasteiger partial charge in [0.1, 0.15) is 22.8 Å². The molecule has 2 aliphatic rings. The van der Waals surface area contributed by atoms with Crippen LogP contribution in [0.15, 0.2) is 394 Å². The molecule has 2 atom stereocenters. The van der Waals surface area contributed by atoms with E-state index in [1.54, 1.807) is 0 Å². The second kappa shape index (κ2) is 26.2. The van der Waals surface area contributed by atoms with Crippen molar-refractivity contribution >= 4 is 68.2 Å². The number of anilines is 6. The molecule has 0 fully saturated rings. The minimum absolute atomic E-state index is 0.263. The van der Waals surface area contributed by atoms with Gasteiger partial charge in [0, 0.05) is 44.9 Å². The van der Waals surface area contributed by atoms with Crippen molar-refractivity contribution in [3.63, 3.8) is 0 Å². The number of hydrogen-bond donors (Lipinski definition) is 0. The Kier molecular flexibility index (Phi) is 15.7. The van der Waals surface area contributed by atoms with E-state index in [9.17, 15) is 8.78 Å². The lowest BCUT2D eigenvalue weighted by molar-refractivity contribution is 0.627. The maximum absolute atomic E-state index is 14.2. The van der Waals surface area contributed by atoms with E-state index in [-0.39, 0.29) is 11.6 Å². The second-order valence-electron chi connectivity index (χ2n) is 27.8. The van der Waals surface area contributed by atoms with Gasteiger partial charge in [-0.1, -0.05) is 280 Å². The Morgan fingerprint density at radius 3 is 0.925 bits per heavy atom. The molecule has 1 aromatic heterocycles. The molecule has 506 valence electrons. The van der Waals surface area contributed by atoms with Crippen LogP contribution in [0.5, 0.6) is 0 Å². The van der Waals surface area contributed by atoms with Crippen molar-refractivity contribution < 1.29 is 13.2 Å². The van der Waals surface area contributed by atoms with Crippen LogP contribution < -0.4 is 9.80 Å². The second-order valence-corrected chi connectivity index (χ2v) is 27.8. The molecule has 0 bridgehead atoms. The van der Waals surface area contributed by atoms with Gasteiger partial charge in [-0.05, 0) is 244 Å². The molecule has 16 aromatic carbocycles. The van der Waals surface area contributed by atoms with Crippen LogP contribution in [0.25, 0.3) is 101 Å². The summed E-state index contributed by atoms with van der Waals surface area (Å²) in [6, 6.07) is 133. The molecule has 107 heavy (non-hydrogen) atoms. The lowest BCUT2D eigenvalue weighted by Crippen LogP contribution is -2.28. The number of furan rings is 1. The highest BCUT2D eigenvalue weighted by Crippen LogP contribution is 2.60. The minimum Gasteiger partial charge on any atom is -0.456 e. The molecule has 0 aliphatic heterocycles. The number of halogens is 2. The molecular formula is C102H68F2N2O. The highest BCUT2D eigenvalue weighted by Gasteiger charge is 2.48. The van der Waals surface area contributed by atoms with Crippen molar-refractivity contribution in [2.24, 2.45) is 0 Å². The summed E-state index contributed by atoms with van der Waals surface area (Å²) in [5, 5.41) is 1.92. The molecule has 2 unspecified atom stereocenters. The van der Waals surface area contributed by atoms with Gasteiger partial charge in [-0.25, -0.2) is 8.78 Å². The SMILES string of the molecule is C=Cc1ccc(C2(c3ccccc3)c3ccccc3-c3ccc(N(c4ccc(-c5cccc(-c6ccc(F)cc6)c5)cc4)c4ccc5oc6ccc(N(c7ccc(-c8cccc(-c9ccc(F)cc9)c8)cc7)c7ccc8c(c7)C(c7ccccc7)(c7ccc(C=C)cc7)c7ccccc7-8)cc6c5c4)cc32)cc1. The molecule has 1 heterocycles. The standard InChI is InChI=1S/C102H68F2N2O/c1-3-67-29-41-79(42-30-67)101(77-21-7-5-8-22-77)95-27-13-11-25-89(95)91-57-53-87(65-97(91)101)105(83-49-37-71(38-50-83)75-19-15-17-73(61-75)69-33-45-81(103)46-34-69)85-55-59-99-93(63-85)94-64-86(56-60-100(94)107-99)106(84-51-39-72(40-52-84)76-20-16-18-74(62-76)70-35-47-82(104)48-36-70)88-54-58-92-90-26-12-14-28-96(90)102(98(92)66-88,78-23-9-6-10-24-78)80-43-31-68(4-2)32-44-80/h3-66H,1-2H2. The monoisotopic (exact) mass is 1370 g/mol. The van der Waals surface area contributed by atoms with Gasteiger partial charge in [-0.3, -0.25) is 0 Å². The average Bonchev–Trinajstić information content (AvgIpc) is 1.55. The Morgan fingerprint density at radius 2 is 0.551 bits per heavy atom. The normalized spacial score (nSPS) is 14.6. The van der Waals surface area contributed by atoms with E-state index in [1.165, 1.54) is 79.9 Å². The predicted octanol–water partition coefficient (Wildman–Crippen LogP) is 27.5. The van der Waals surface area contributed by atoms with Crippen LogP contribution in [-0.2, 0) is 10.8 Å². The molecule has 0 amide bonds. The van der Waals surface area contributed by atoms with Crippen LogP contribution in [0, 0.1) is 11.6 Å². The summed E-state index contributed by atoms with van der Waals surface area (Å²) in [5.41, 5.74) is 30.4. The highest BCUT2D eigenvalue weighted by atomic mass is 19.1. The van der Waals surface area contributed by atoms with Gasteiger partial charge in [0.15, 0.2) is 0 Å². The summed E-state index contributed by atoms with van der Waals surface area (Å²) in [6.07, 6.45) is 3.81. The number of rotatable bonds is 16. The zero-order valence-corrected chi connectivity index (χ0v) is 58.4. The van der Waals surface area contributed by atoms with Crippen molar-refractivity contribution in [2.75, 3.05) is 9.80 Å². The first-order valence-electron chi connectivity index (χ1n) is 36.3. The van der Waals surface area contributed by atoms with Crippen LogP contribution in [-0.4, -0.2) is 0 Å². The van der Waals surface area contributed by atoms with Crippen LogP contribution in [0.3, 0.4) is 0 Å². The van der Waals surface area contributed by atoms with E-state index < -0.39 is 10.8 Å². The summed E-state index contributed by atoms with van der Waals surface area (Å²) in [6.45, 7) is 8.27. The smallest absolute Gasteiger partial charge is 0.135 e. The fourth-order valence-corrected chi connectivity index (χ4v) is 17.1. The summed E-state index contributed by atoms with van der Waals surface area (Å²) in [4.78, 5) is 4.77. The first kappa shape index (κ1) is 64.1. The average molecular weight is 1380 g/mol. The van der Waals surface area contributed by atoms with Crippen molar-refractivity contribution in [1.29, 1.82) is 0 Å². The largest absolute Gasteiger partial charge is 0.456 e. The Bertz CT molecular complexity index is 5900. The molecule has 5 heteroatoms. The first-order valence-corrected chi connectivity index (χ1v) is 36.3. The van der Waals surface area contributed by atoms with Crippen molar-refractivity contribution in [1.82, 2.24) is 0 Å². The Balaban J connectivity index is 0.795. The summed E-state index contributed by atoms with van der Waals surface area (Å²) >= 11 is 0. The molecular weight excluding hydrogens is 1310 g/mol. The Labute approximate surface area is 621 Å². The predicted molar refractivity (Wildman–Crippen MR) is 440 cm³/mol. The van der Waals surface area contributed by atoms with E-state index in [0.717, 1.165) is 123 Å². The zero-order valence-electron chi connectivity index (χ0n) is 58.4. The van der Waals surface area contributed by atoms with Gasteiger partial charge in [-0.15, -0.1) is 0 Å². The summed E-state index contributed by atoms with van der Waals surface area (Å²) < 4.78 is 35.4. The van der Waals surface area contributed by atoms with Crippen LogP contribution in [0.2, 0.25) is 0 Å². The van der Waals surface area contributed by atoms with E-state index in [1.807, 2.05) is 36.4 Å². The molecule has 0 spiro atoms. The van der Waals surface area contributed by atoms with Crippen LogP contribution in [0.4, 0.5) is 42.9 Å². The Hall–Kier alpha value is -13.7.